The lowest BCUT2D eigenvalue weighted by molar-refractivity contribution is 0.394. The number of thiophene rings is 1. The quantitative estimate of drug-likeness (QED) is 0.767. The Hall–Kier alpha value is -0.150. The Bertz CT molecular complexity index is 708. The number of hydrogen-bond acceptors (Lipinski definition) is 5. The molecule has 114 valence electrons. The Morgan fingerprint density at radius 3 is 2.60 bits per heavy atom. The second-order valence-electron chi connectivity index (χ2n) is 4.84. The van der Waals surface area contributed by atoms with Crippen molar-refractivity contribution in [2.75, 3.05) is 18.6 Å². The van der Waals surface area contributed by atoms with Crippen molar-refractivity contribution >= 4 is 42.8 Å². The maximum absolute atomic E-state index is 12.6. The van der Waals surface area contributed by atoms with E-state index in [4.69, 9.17) is 11.6 Å². The van der Waals surface area contributed by atoms with Crippen LogP contribution in [-0.4, -0.2) is 45.7 Å². The molecule has 1 aromatic heterocycles. The van der Waals surface area contributed by atoms with Crippen molar-refractivity contribution in [1.29, 1.82) is 0 Å². The van der Waals surface area contributed by atoms with Crippen LogP contribution in [-0.2, 0) is 25.7 Å². The SMILES string of the molecule is Cc1sc(CCl)cc1S(=O)(=O)N(C)C1CCS(=O)(=O)C1. The third-order valence-corrected chi connectivity index (χ3v) is 8.85. The van der Waals surface area contributed by atoms with Gasteiger partial charge in [-0.25, -0.2) is 16.8 Å². The van der Waals surface area contributed by atoms with E-state index in [1.807, 2.05) is 0 Å². The summed E-state index contributed by atoms with van der Waals surface area (Å²) in [6.07, 6.45) is 0.351. The Balaban J connectivity index is 2.32. The standard InChI is InChI=1S/C11H16ClNO4S3/c1-8-11(5-10(6-12)18-8)20(16,17)13(2)9-3-4-19(14,15)7-9/h5,9H,3-4,6-7H2,1-2H3. The highest BCUT2D eigenvalue weighted by Crippen LogP contribution is 2.31. The molecule has 2 heterocycles. The number of alkyl halides is 1. The first-order valence-corrected chi connectivity index (χ1v) is 10.6. The number of hydrogen-bond donors (Lipinski definition) is 0. The van der Waals surface area contributed by atoms with Gasteiger partial charge in [0.25, 0.3) is 0 Å². The second kappa shape index (κ2) is 5.57. The summed E-state index contributed by atoms with van der Waals surface area (Å²) in [4.78, 5) is 1.69. The third kappa shape index (κ3) is 3.04. The van der Waals surface area contributed by atoms with Gasteiger partial charge >= 0.3 is 0 Å². The van der Waals surface area contributed by atoms with Crippen LogP contribution in [0.5, 0.6) is 0 Å². The van der Waals surface area contributed by atoms with E-state index >= 15 is 0 Å². The minimum absolute atomic E-state index is 0.0487. The van der Waals surface area contributed by atoms with Gasteiger partial charge < -0.3 is 0 Å². The van der Waals surface area contributed by atoms with Gasteiger partial charge in [-0.05, 0) is 19.4 Å². The van der Waals surface area contributed by atoms with Crippen molar-refractivity contribution in [3.63, 3.8) is 0 Å². The molecule has 0 saturated carbocycles. The molecule has 0 aliphatic carbocycles. The maximum Gasteiger partial charge on any atom is 0.244 e. The Morgan fingerprint density at radius 2 is 2.15 bits per heavy atom. The molecule has 0 N–H and O–H groups in total. The molecule has 0 radical (unpaired) electrons. The molecule has 1 aliphatic rings. The number of sulfone groups is 1. The highest BCUT2D eigenvalue weighted by Gasteiger charge is 2.37. The van der Waals surface area contributed by atoms with E-state index in [-0.39, 0.29) is 22.3 Å². The minimum Gasteiger partial charge on any atom is -0.229 e. The average molecular weight is 358 g/mol. The molecule has 0 aromatic carbocycles. The molecule has 0 spiro atoms. The number of aryl methyl sites for hydroxylation is 1. The van der Waals surface area contributed by atoms with E-state index in [2.05, 4.69) is 0 Å². The van der Waals surface area contributed by atoms with Gasteiger partial charge in [0.1, 0.15) is 0 Å². The fraction of sp³-hybridized carbons (Fsp3) is 0.636. The van der Waals surface area contributed by atoms with Crippen LogP contribution in [0.25, 0.3) is 0 Å². The molecule has 1 fully saturated rings. The van der Waals surface area contributed by atoms with Gasteiger partial charge in [-0.1, -0.05) is 0 Å². The number of nitrogens with zero attached hydrogens (tertiary/aromatic N) is 1. The fourth-order valence-corrected chi connectivity index (χ4v) is 7.21. The van der Waals surface area contributed by atoms with Crippen LogP contribution in [0.1, 0.15) is 16.2 Å². The lowest BCUT2D eigenvalue weighted by Gasteiger charge is -2.22. The molecule has 1 aromatic rings. The van der Waals surface area contributed by atoms with Crippen LogP contribution in [0.3, 0.4) is 0 Å². The highest BCUT2D eigenvalue weighted by atomic mass is 35.5. The minimum atomic E-state index is -3.67. The molecular formula is C11H16ClNO4S3. The van der Waals surface area contributed by atoms with Gasteiger partial charge in [-0.3, -0.25) is 0 Å². The summed E-state index contributed by atoms with van der Waals surface area (Å²) in [6.45, 7) is 1.73. The molecule has 1 atom stereocenters. The van der Waals surface area contributed by atoms with Gasteiger partial charge in [-0.15, -0.1) is 22.9 Å². The van der Waals surface area contributed by atoms with E-state index in [0.29, 0.717) is 11.3 Å². The third-order valence-electron chi connectivity index (χ3n) is 3.43. The summed E-state index contributed by atoms with van der Waals surface area (Å²) >= 11 is 7.07. The van der Waals surface area contributed by atoms with Crippen LogP contribution >= 0.6 is 22.9 Å². The summed E-state index contributed by atoms with van der Waals surface area (Å²) in [7, 11) is -5.35. The van der Waals surface area contributed by atoms with Crippen molar-refractivity contribution in [2.24, 2.45) is 0 Å². The molecule has 0 bridgehead atoms. The predicted molar refractivity (Wildman–Crippen MR) is 80.6 cm³/mol. The maximum atomic E-state index is 12.6. The Kier molecular flexibility index (Phi) is 4.52. The molecule has 9 heteroatoms. The first-order valence-electron chi connectivity index (χ1n) is 6.01. The summed E-state index contributed by atoms with van der Waals surface area (Å²) in [6, 6.07) is 1.09. The smallest absolute Gasteiger partial charge is 0.229 e. The van der Waals surface area contributed by atoms with Crippen LogP contribution in [0.2, 0.25) is 0 Å². The van der Waals surface area contributed by atoms with E-state index in [9.17, 15) is 16.8 Å². The zero-order chi connectivity index (χ0) is 15.1. The van der Waals surface area contributed by atoms with Crippen molar-refractivity contribution in [2.45, 2.75) is 30.2 Å². The van der Waals surface area contributed by atoms with Crippen LogP contribution in [0, 0.1) is 6.92 Å². The zero-order valence-electron chi connectivity index (χ0n) is 11.2. The molecule has 0 amide bonds. The van der Waals surface area contributed by atoms with E-state index in [0.717, 1.165) is 4.88 Å². The van der Waals surface area contributed by atoms with Gasteiger partial charge in [0.05, 0.1) is 22.3 Å². The summed E-state index contributed by atoms with van der Waals surface area (Å²) in [5, 5.41) is 0. The molecule has 20 heavy (non-hydrogen) atoms. The zero-order valence-corrected chi connectivity index (χ0v) is 14.4. The fourth-order valence-electron chi connectivity index (χ4n) is 2.26. The van der Waals surface area contributed by atoms with Gasteiger partial charge in [-0.2, -0.15) is 4.31 Å². The lowest BCUT2D eigenvalue weighted by atomic mass is 10.3. The molecule has 2 rings (SSSR count). The molecule has 1 aliphatic heterocycles. The number of rotatable bonds is 4. The summed E-state index contributed by atoms with van der Waals surface area (Å²) < 4.78 is 49.3. The summed E-state index contributed by atoms with van der Waals surface area (Å²) in [5.74, 6) is 0.212. The first kappa shape index (κ1) is 16.2. The number of sulfonamides is 1. The molecule has 1 saturated heterocycles. The van der Waals surface area contributed by atoms with E-state index in [1.54, 1.807) is 13.0 Å². The van der Waals surface area contributed by atoms with Crippen molar-refractivity contribution in [3.8, 4) is 0 Å². The summed E-state index contributed by atoms with van der Waals surface area (Å²) in [5.41, 5.74) is 0. The monoisotopic (exact) mass is 357 g/mol. The predicted octanol–water partition coefficient (Wildman–Crippen LogP) is 1.60. The molecular weight excluding hydrogens is 342 g/mol. The van der Waals surface area contributed by atoms with Crippen LogP contribution < -0.4 is 0 Å². The van der Waals surface area contributed by atoms with E-state index < -0.39 is 25.9 Å². The topological polar surface area (TPSA) is 71.5 Å². The van der Waals surface area contributed by atoms with Gasteiger partial charge in [0.2, 0.25) is 10.0 Å². The van der Waals surface area contributed by atoms with Crippen molar-refractivity contribution < 1.29 is 16.8 Å². The van der Waals surface area contributed by atoms with Crippen molar-refractivity contribution in [1.82, 2.24) is 4.31 Å². The lowest BCUT2D eigenvalue weighted by Crippen LogP contribution is -2.37. The highest BCUT2D eigenvalue weighted by molar-refractivity contribution is 7.92. The Morgan fingerprint density at radius 1 is 1.50 bits per heavy atom. The normalized spacial score (nSPS) is 22.5. The van der Waals surface area contributed by atoms with E-state index in [1.165, 1.54) is 22.7 Å². The van der Waals surface area contributed by atoms with Gasteiger partial charge in [0, 0.05) is 22.8 Å². The van der Waals surface area contributed by atoms with Gasteiger partial charge in [0.15, 0.2) is 9.84 Å². The number of halogens is 1. The Labute approximate surface area is 128 Å². The largest absolute Gasteiger partial charge is 0.244 e. The van der Waals surface area contributed by atoms with Crippen molar-refractivity contribution in [3.05, 3.63) is 15.8 Å². The molecule has 5 nitrogen and oxygen atoms in total. The average Bonchev–Trinajstić information content (AvgIpc) is 2.91. The first-order chi connectivity index (χ1) is 9.17. The molecule has 1 unspecified atom stereocenters. The second-order valence-corrected chi connectivity index (χ2v) is 10.6. The van der Waals surface area contributed by atoms with Crippen LogP contribution in [0.15, 0.2) is 11.0 Å². The van der Waals surface area contributed by atoms with Crippen LogP contribution in [0.4, 0.5) is 0 Å².